The van der Waals surface area contributed by atoms with Crippen LogP contribution in [0.2, 0.25) is 0 Å². The maximum absolute atomic E-state index is 6.02. The van der Waals surface area contributed by atoms with E-state index < -0.39 is 0 Å². The van der Waals surface area contributed by atoms with Gasteiger partial charge in [0.25, 0.3) is 0 Å². The second-order valence-electron chi connectivity index (χ2n) is 9.30. The van der Waals surface area contributed by atoms with Crippen molar-refractivity contribution in [2.75, 3.05) is 44.0 Å². The highest BCUT2D eigenvalue weighted by atomic mass is 16.5. The van der Waals surface area contributed by atoms with Gasteiger partial charge in [-0.25, -0.2) is 4.98 Å². The van der Waals surface area contributed by atoms with Crippen molar-refractivity contribution < 1.29 is 9.47 Å². The van der Waals surface area contributed by atoms with Crippen LogP contribution < -0.4 is 20.1 Å². The summed E-state index contributed by atoms with van der Waals surface area (Å²) in [6.07, 6.45) is 6.71. The van der Waals surface area contributed by atoms with Crippen molar-refractivity contribution in [2.24, 2.45) is 0 Å². The zero-order chi connectivity index (χ0) is 25.5. The van der Waals surface area contributed by atoms with Crippen molar-refractivity contribution in [3.63, 3.8) is 0 Å². The maximum Gasteiger partial charge on any atom is 0.229 e. The van der Waals surface area contributed by atoms with E-state index in [1.807, 2.05) is 49.4 Å². The number of nitrogens with zero attached hydrogens (tertiary/aromatic N) is 4. The minimum atomic E-state index is 0.480. The third kappa shape index (κ3) is 6.46. The number of nitrogens with one attached hydrogen (secondary N) is 2. The SMILES string of the molecule is COc1cc(Nc2nccc(Nc3cc4ccccc4nc3C)n2)ccc1OCCCN1CCCCC1. The Morgan fingerprint density at radius 1 is 0.919 bits per heavy atom. The summed E-state index contributed by atoms with van der Waals surface area (Å²) in [5.74, 6) is 2.57. The number of para-hydroxylation sites is 1. The molecule has 0 amide bonds. The molecule has 2 N–H and O–H groups in total. The molecule has 1 aliphatic heterocycles. The van der Waals surface area contributed by atoms with Crippen LogP contribution in [0.3, 0.4) is 0 Å². The highest BCUT2D eigenvalue weighted by Crippen LogP contribution is 2.31. The number of benzene rings is 2. The molecule has 3 heterocycles. The third-order valence-corrected chi connectivity index (χ3v) is 6.58. The van der Waals surface area contributed by atoms with Gasteiger partial charge in [-0.05, 0) is 69.6 Å². The van der Waals surface area contributed by atoms with Gasteiger partial charge in [0.15, 0.2) is 11.5 Å². The minimum absolute atomic E-state index is 0.480. The summed E-state index contributed by atoms with van der Waals surface area (Å²) in [4.78, 5) is 16.2. The summed E-state index contributed by atoms with van der Waals surface area (Å²) in [5.41, 5.74) is 3.60. The minimum Gasteiger partial charge on any atom is -0.493 e. The number of hydrogen-bond acceptors (Lipinski definition) is 8. The molecule has 37 heavy (non-hydrogen) atoms. The Morgan fingerprint density at radius 3 is 2.65 bits per heavy atom. The number of ether oxygens (including phenoxy) is 2. The Hall–Kier alpha value is -3.91. The summed E-state index contributed by atoms with van der Waals surface area (Å²) in [6, 6.07) is 17.8. The Bertz CT molecular complexity index is 1340. The van der Waals surface area contributed by atoms with Crippen molar-refractivity contribution in [1.82, 2.24) is 19.9 Å². The van der Waals surface area contributed by atoms with Gasteiger partial charge in [-0.3, -0.25) is 4.98 Å². The van der Waals surface area contributed by atoms with Crippen LogP contribution in [0.1, 0.15) is 31.4 Å². The van der Waals surface area contributed by atoms with E-state index in [0.29, 0.717) is 24.1 Å². The first-order valence-corrected chi connectivity index (χ1v) is 12.9. The summed E-state index contributed by atoms with van der Waals surface area (Å²) in [7, 11) is 1.65. The van der Waals surface area contributed by atoms with E-state index in [-0.39, 0.29) is 0 Å². The topological polar surface area (TPSA) is 84.4 Å². The summed E-state index contributed by atoms with van der Waals surface area (Å²) < 4.78 is 11.6. The molecule has 4 aromatic rings. The zero-order valence-electron chi connectivity index (χ0n) is 21.5. The second kappa shape index (κ2) is 11.9. The molecule has 0 atom stereocenters. The number of pyridine rings is 1. The molecule has 0 spiro atoms. The largest absolute Gasteiger partial charge is 0.493 e. The Labute approximate surface area is 218 Å². The van der Waals surface area contributed by atoms with E-state index in [0.717, 1.165) is 46.7 Å². The van der Waals surface area contributed by atoms with E-state index >= 15 is 0 Å². The van der Waals surface area contributed by atoms with Gasteiger partial charge in [0, 0.05) is 29.9 Å². The first-order chi connectivity index (χ1) is 18.2. The highest BCUT2D eigenvalue weighted by Gasteiger charge is 2.11. The number of rotatable bonds is 10. The number of aryl methyl sites for hydroxylation is 1. The molecule has 0 bridgehead atoms. The molecule has 0 radical (unpaired) electrons. The monoisotopic (exact) mass is 498 g/mol. The molecule has 0 aliphatic carbocycles. The van der Waals surface area contributed by atoms with Crippen molar-refractivity contribution in [1.29, 1.82) is 0 Å². The maximum atomic E-state index is 6.02. The van der Waals surface area contributed by atoms with Crippen molar-refractivity contribution in [3.05, 3.63) is 66.5 Å². The second-order valence-corrected chi connectivity index (χ2v) is 9.30. The molecule has 1 aliphatic rings. The molecule has 8 nitrogen and oxygen atoms in total. The van der Waals surface area contributed by atoms with Crippen LogP contribution in [0.5, 0.6) is 11.5 Å². The standard InChI is InChI=1S/C29H34N6O2/c1-21-25(19-22-9-4-5-10-24(22)31-21)33-28-13-14-30-29(34-28)32-23-11-12-26(27(20-23)36-2)37-18-8-17-35-15-6-3-7-16-35/h4-5,9-14,19-20H,3,6-8,15-18H2,1-2H3,(H2,30,32,33,34). The fourth-order valence-electron chi connectivity index (χ4n) is 4.61. The van der Waals surface area contributed by atoms with Gasteiger partial charge < -0.3 is 25.0 Å². The van der Waals surface area contributed by atoms with E-state index in [9.17, 15) is 0 Å². The van der Waals surface area contributed by atoms with Crippen molar-refractivity contribution in [2.45, 2.75) is 32.6 Å². The number of anilines is 4. The molecule has 2 aromatic heterocycles. The quantitative estimate of drug-likeness (QED) is 0.254. The van der Waals surface area contributed by atoms with Gasteiger partial charge >= 0.3 is 0 Å². The van der Waals surface area contributed by atoms with Crippen LogP contribution in [0, 0.1) is 6.92 Å². The van der Waals surface area contributed by atoms with Crippen molar-refractivity contribution in [3.8, 4) is 11.5 Å². The lowest BCUT2D eigenvalue weighted by molar-refractivity contribution is 0.203. The summed E-state index contributed by atoms with van der Waals surface area (Å²) in [6.45, 7) is 6.15. The molecule has 8 heteroatoms. The van der Waals surface area contributed by atoms with Crippen LogP contribution in [-0.4, -0.2) is 53.2 Å². The Balaban J connectivity index is 1.21. The zero-order valence-corrected chi connectivity index (χ0v) is 21.5. The molecule has 0 unspecified atom stereocenters. The van der Waals surface area contributed by atoms with Crippen molar-refractivity contribution >= 4 is 34.0 Å². The van der Waals surface area contributed by atoms with Gasteiger partial charge in [-0.15, -0.1) is 0 Å². The summed E-state index contributed by atoms with van der Waals surface area (Å²) >= 11 is 0. The molecular formula is C29H34N6O2. The van der Waals surface area contributed by atoms with Gasteiger partial charge in [0.05, 0.1) is 30.6 Å². The predicted octanol–water partition coefficient (Wildman–Crippen LogP) is 6.08. The van der Waals surface area contributed by atoms with Crippen LogP contribution >= 0.6 is 0 Å². The van der Waals surface area contributed by atoms with Gasteiger partial charge in [0.2, 0.25) is 5.95 Å². The van der Waals surface area contributed by atoms with E-state index in [4.69, 9.17) is 9.47 Å². The highest BCUT2D eigenvalue weighted by molar-refractivity contribution is 5.83. The molecular weight excluding hydrogens is 464 g/mol. The van der Waals surface area contributed by atoms with Crippen LogP contribution in [0.25, 0.3) is 10.9 Å². The molecule has 5 rings (SSSR count). The van der Waals surface area contributed by atoms with Gasteiger partial charge in [0.1, 0.15) is 5.82 Å². The molecule has 192 valence electrons. The van der Waals surface area contributed by atoms with Gasteiger partial charge in [-0.2, -0.15) is 4.98 Å². The van der Waals surface area contributed by atoms with E-state index in [1.54, 1.807) is 13.3 Å². The number of aromatic nitrogens is 3. The third-order valence-electron chi connectivity index (χ3n) is 6.58. The Morgan fingerprint density at radius 2 is 1.78 bits per heavy atom. The summed E-state index contributed by atoms with van der Waals surface area (Å²) in [5, 5.41) is 7.71. The Kier molecular flexibility index (Phi) is 7.96. The number of hydrogen-bond donors (Lipinski definition) is 2. The van der Waals surface area contributed by atoms with Gasteiger partial charge in [-0.1, -0.05) is 24.6 Å². The number of piperidine rings is 1. The number of likely N-dealkylation sites (tertiary alicyclic amines) is 1. The first-order valence-electron chi connectivity index (χ1n) is 12.9. The van der Waals surface area contributed by atoms with Crippen LogP contribution in [-0.2, 0) is 0 Å². The molecule has 1 fully saturated rings. The first kappa shape index (κ1) is 24.8. The lowest BCUT2D eigenvalue weighted by atomic mass is 10.1. The smallest absolute Gasteiger partial charge is 0.229 e. The average Bonchev–Trinajstić information content (AvgIpc) is 2.93. The number of fused-ring (bicyclic) bond motifs is 1. The molecule has 0 saturated carbocycles. The van der Waals surface area contributed by atoms with Crippen LogP contribution in [0.15, 0.2) is 60.8 Å². The molecule has 1 saturated heterocycles. The average molecular weight is 499 g/mol. The predicted molar refractivity (Wildman–Crippen MR) is 148 cm³/mol. The fraction of sp³-hybridized carbons (Fsp3) is 0.345. The van der Waals surface area contributed by atoms with Crippen LogP contribution in [0.4, 0.5) is 23.1 Å². The molecule has 2 aromatic carbocycles. The van der Waals surface area contributed by atoms with E-state index in [2.05, 4.69) is 42.6 Å². The fourth-order valence-corrected chi connectivity index (χ4v) is 4.61. The number of methoxy groups -OCH3 is 1. The lowest BCUT2D eigenvalue weighted by Crippen LogP contribution is -2.31. The normalized spacial score (nSPS) is 13.9. The van der Waals surface area contributed by atoms with E-state index in [1.165, 1.54) is 32.4 Å². The lowest BCUT2D eigenvalue weighted by Gasteiger charge is -2.26.